The molecule has 0 unspecified atom stereocenters. The van der Waals surface area contributed by atoms with Crippen LogP contribution in [0.25, 0.3) is 17.1 Å². The molecule has 1 amide bonds. The van der Waals surface area contributed by atoms with Crippen molar-refractivity contribution in [2.24, 2.45) is 0 Å². The van der Waals surface area contributed by atoms with E-state index >= 15 is 0 Å². The molecule has 5 nitrogen and oxygen atoms in total. The van der Waals surface area contributed by atoms with Crippen LogP contribution in [-0.2, 0) is 17.8 Å². The molecule has 0 aliphatic rings. The summed E-state index contributed by atoms with van der Waals surface area (Å²) < 4.78 is 8.26. The smallest absolute Gasteiger partial charge is 0.243 e. The van der Waals surface area contributed by atoms with Gasteiger partial charge in [0, 0.05) is 25.6 Å². The van der Waals surface area contributed by atoms with Crippen LogP contribution in [-0.4, -0.2) is 28.6 Å². The maximum Gasteiger partial charge on any atom is 0.243 e. The molecular formula is C29H31N3O2. The minimum Gasteiger partial charge on any atom is -0.493 e. The Morgan fingerprint density at radius 3 is 2.59 bits per heavy atom. The first-order chi connectivity index (χ1) is 16.7. The van der Waals surface area contributed by atoms with Crippen molar-refractivity contribution < 1.29 is 9.53 Å². The Kier molecular flexibility index (Phi) is 8.12. The van der Waals surface area contributed by atoms with E-state index in [1.54, 1.807) is 6.08 Å². The summed E-state index contributed by atoms with van der Waals surface area (Å²) in [6, 6.07) is 26.1. The number of aryl methyl sites for hydroxylation is 3. The average Bonchev–Trinajstić information content (AvgIpc) is 3.22. The molecule has 3 aromatic carbocycles. The highest BCUT2D eigenvalue weighted by atomic mass is 16.5. The van der Waals surface area contributed by atoms with E-state index in [1.807, 2.05) is 66.7 Å². The van der Waals surface area contributed by atoms with Crippen LogP contribution < -0.4 is 10.1 Å². The normalized spacial score (nSPS) is 11.2. The number of carbonyl (C=O) groups excluding carboxylic acids is 1. The predicted molar refractivity (Wildman–Crippen MR) is 138 cm³/mol. The summed E-state index contributed by atoms with van der Waals surface area (Å²) in [5.41, 5.74) is 4.31. The fourth-order valence-corrected chi connectivity index (χ4v) is 3.94. The lowest BCUT2D eigenvalue weighted by Crippen LogP contribution is -2.22. The molecule has 0 aliphatic carbocycles. The number of hydrogen-bond acceptors (Lipinski definition) is 3. The van der Waals surface area contributed by atoms with Crippen LogP contribution in [0.4, 0.5) is 0 Å². The van der Waals surface area contributed by atoms with Crippen molar-refractivity contribution in [1.82, 2.24) is 14.9 Å². The topological polar surface area (TPSA) is 56.1 Å². The lowest BCUT2D eigenvalue weighted by molar-refractivity contribution is -0.116. The quantitative estimate of drug-likeness (QED) is 0.238. The molecule has 5 heteroatoms. The van der Waals surface area contributed by atoms with Crippen molar-refractivity contribution in [1.29, 1.82) is 0 Å². The third kappa shape index (κ3) is 6.35. The second-order valence-electron chi connectivity index (χ2n) is 8.27. The van der Waals surface area contributed by atoms with Gasteiger partial charge in [-0.15, -0.1) is 0 Å². The van der Waals surface area contributed by atoms with E-state index in [2.05, 4.69) is 35.0 Å². The van der Waals surface area contributed by atoms with Crippen molar-refractivity contribution >= 4 is 23.0 Å². The fourth-order valence-electron chi connectivity index (χ4n) is 3.94. The summed E-state index contributed by atoms with van der Waals surface area (Å²) in [5.74, 6) is 1.91. The third-order valence-electron chi connectivity index (χ3n) is 5.71. The molecule has 4 aromatic rings. The molecular weight excluding hydrogens is 422 g/mol. The number of nitrogens with zero attached hydrogens (tertiary/aromatic N) is 2. The maximum atomic E-state index is 12.1. The van der Waals surface area contributed by atoms with Crippen LogP contribution >= 0.6 is 0 Å². The van der Waals surface area contributed by atoms with Gasteiger partial charge in [0.25, 0.3) is 0 Å². The SMILES string of the molecule is Cc1ccccc1OCCCn1c(CCCNC(=O)/C=C/c2ccccc2)nc2ccccc21. The van der Waals surface area contributed by atoms with Gasteiger partial charge in [-0.25, -0.2) is 4.98 Å². The minimum atomic E-state index is -0.0780. The number of fused-ring (bicyclic) bond motifs is 1. The molecule has 0 spiro atoms. The molecule has 0 bridgehead atoms. The van der Waals surface area contributed by atoms with E-state index in [0.29, 0.717) is 13.2 Å². The zero-order valence-corrected chi connectivity index (χ0v) is 19.6. The Labute approximate surface area is 201 Å². The Morgan fingerprint density at radius 2 is 1.74 bits per heavy atom. The first kappa shape index (κ1) is 23.3. The number of para-hydroxylation sites is 3. The van der Waals surface area contributed by atoms with Crippen molar-refractivity contribution in [2.75, 3.05) is 13.2 Å². The Balaban J connectivity index is 1.29. The number of nitrogens with one attached hydrogen (secondary N) is 1. The number of rotatable bonds is 11. The summed E-state index contributed by atoms with van der Waals surface area (Å²) in [6.07, 6.45) is 5.93. The van der Waals surface area contributed by atoms with Crippen molar-refractivity contribution in [2.45, 2.75) is 32.7 Å². The van der Waals surface area contributed by atoms with Crippen molar-refractivity contribution in [3.63, 3.8) is 0 Å². The molecule has 0 radical (unpaired) electrons. The van der Waals surface area contributed by atoms with Crippen LogP contribution in [0.2, 0.25) is 0 Å². The van der Waals surface area contributed by atoms with Crippen LogP contribution in [0.5, 0.6) is 5.75 Å². The number of imidazole rings is 1. The second-order valence-corrected chi connectivity index (χ2v) is 8.27. The molecule has 0 saturated carbocycles. The third-order valence-corrected chi connectivity index (χ3v) is 5.71. The van der Waals surface area contributed by atoms with Gasteiger partial charge in [-0.05, 0) is 55.2 Å². The molecule has 1 heterocycles. The zero-order chi connectivity index (χ0) is 23.6. The fraction of sp³-hybridized carbons (Fsp3) is 0.241. The van der Waals surface area contributed by atoms with Gasteiger partial charge in [0.2, 0.25) is 5.91 Å². The van der Waals surface area contributed by atoms with Gasteiger partial charge in [0.05, 0.1) is 17.6 Å². The standard InChI is InChI=1S/C29H31N3O2/c1-23-11-5-8-16-27(23)34-22-10-21-32-26-15-7-6-14-25(26)31-28(32)17-9-20-30-29(33)19-18-24-12-3-2-4-13-24/h2-8,11-16,18-19H,9-10,17,20-22H2,1H3,(H,30,33)/b19-18+. The summed E-state index contributed by atoms with van der Waals surface area (Å²) in [7, 11) is 0. The number of ether oxygens (including phenoxy) is 1. The van der Waals surface area contributed by atoms with Gasteiger partial charge in [-0.3, -0.25) is 4.79 Å². The Hall–Kier alpha value is -3.86. The molecule has 4 rings (SSSR count). The predicted octanol–water partition coefficient (Wildman–Crippen LogP) is 5.58. The number of aromatic nitrogens is 2. The Morgan fingerprint density at radius 1 is 0.971 bits per heavy atom. The molecule has 0 aliphatic heterocycles. The molecule has 1 N–H and O–H groups in total. The summed E-state index contributed by atoms with van der Waals surface area (Å²) in [5, 5.41) is 2.97. The van der Waals surface area contributed by atoms with Gasteiger partial charge < -0.3 is 14.6 Å². The minimum absolute atomic E-state index is 0.0780. The first-order valence-electron chi connectivity index (χ1n) is 11.8. The largest absolute Gasteiger partial charge is 0.493 e. The van der Waals surface area contributed by atoms with Crippen molar-refractivity contribution in [3.05, 3.63) is 102 Å². The van der Waals surface area contributed by atoms with Crippen LogP contribution in [0, 0.1) is 6.92 Å². The molecule has 0 saturated heterocycles. The van der Waals surface area contributed by atoms with E-state index in [9.17, 15) is 4.79 Å². The van der Waals surface area contributed by atoms with E-state index in [-0.39, 0.29) is 5.91 Å². The number of benzene rings is 3. The number of hydrogen-bond donors (Lipinski definition) is 1. The van der Waals surface area contributed by atoms with Gasteiger partial charge >= 0.3 is 0 Å². The second kappa shape index (κ2) is 11.8. The monoisotopic (exact) mass is 453 g/mol. The van der Waals surface area contributed by atoms with Crippen LogP contribution in [0.1, 0.15) is 29.8 Å². The molecule has 34 heavy (non-hydrogen) atoms. The Bertz CT molecular complexity index is 1240. The average molecular weight is 454 g/mol. The van der Waals surface area contributed by atoms with Gasteiger partial charge in [-0.1, -0.05) is 60.7 Å². The molecule has 0 fully saturated rings. The van der Waals surface area contributed by atoms with E-state index in [4.69, 9.17) is 9.72 Å². The van der Waals surface area contributed by atoms with Gasteiger partial charge in [0.15, 0.2) is 0 Å². The zero-order valence-electron chi connectivity index (χ0n) is 19.6. The van der Waals surface area contributed by atoms with E-state index < -0.39 is 0 Å². The summed E-state index contributed by atoms with van der Waals surface area (Å²) in [6.45, 7) is 4.17. The first-order valence-corrected chi connectivity index (χ1v) is 11.8. The molecule has 0 atom stereocenters. The highest BCUT2D eigenvalue weighted by Gasteiger charge is 2.10. The lowest BCUT2D eigenvalue weighted by atomic mass is 10.2. The summed E-state index contributed by atoms with van der Waals surface area (Å²) >= 11 is 0. The highest BCUT2D eigenvalue weighted by molar-refractivity contribution is 5.91. The van der Waals surface area contributed by atoms with Crippen LogP contribution in [0.3, 0.4) is 0 Å². The maximum absolute atomic E-state index is 12.1. The van der Waals surface area contributed by atoms with Gasteiger partial charge in [-0.2, -0.15) is 0 Å². The van der Waals surface area contributed by atoms with Gasteiger partial charge in [0.1, 0.15) is 11.6 Å². The number of carbonyl (C=O) groups is 1. The molecule has 174 valence electrons. The van der Waals surface area contributed by atoms with E-state index in [0.717, 1.165) is 59.5 Å². The van der Waals surface area contributed by atoms with Crippen molar-refractivity contribution in [3.8, 4) is 5.75 Å². The number of amides is 1. The lowest BCUT2D eigenvalue weighted by Gasteiger charge is -2.12. The molecule has 1 aromatic heterocycles. The van der Waals surface area contributed by atoms with E-state index in [1.165, 1.54) is 0 Å². The summed E-state index contributed by atoms with van der Waals surface area (Å²) in [4.78, 5) is 17.0. The van der Waals surface area contributed by atoms with Crippen LogP contribution in [0.15, 0.2) is 84.9 Å². The highest BCUT2D eigenvalue weighted by Crippen LogP contribution is 2.19.